The summed E-state index contributed by atoms with van der Waals surface area (Å²) in [6.07, 6.45) is -0.151. The van der Waals surface area contributed by atoms with E-state index in [2.05, 4.69) is 26.7 Å². The fraction of sp³-hybridized carbons (Fsp3) is 0.200. The summed E-state index contributed by atoms with van der Waals surface area (Å²) in [5.41, 5.74) is 3.00. The Balaban J connectivity index is 1.50. The van der Waals surface area contributed by atoms with Gasteiger partial charge in [0.15, 0.2) is 6.61 Å². The summed E-state index contributed by atoms with van der Waals surface area (Å²) < 4.78 is 5.76. The Bertz CT molecular complexity index is 1050. The Morgan fingerprint density at radius 2 is 1.87 bits per heavy atom. The molecule has 162 valence electrons. The van der Waals surface area contributed by atoms with E-state index in [1.807, 2.05) is 0 Å². The van der Waals surface area contributed by atoms with Gasteiger partial charge in [-0.2, -0.15) is 0 Å². The second-order valence-electron chi connectivity index (χ2n) is 6.61. The molecule has 0 aliphatic carbocycles. The van der Waals surface area contributed by atoms with Crippen LogP contribution in [0.4, 0.5) is 5.69 Å². The summed E-state index contributed by atoms with van der Waals surface area (Å²) >= 11 is 15.3. The van der Waals surface area contributed by atoms with Gasteiger partial charge in [-0.25, -0.2) is 0 Å². The first-order valence-electron chi connectivity index (χ1n) is 9.02. The topological polar surface area (TPSA) is 105 Å². The third kappa shape index (κ3) is 5.96. The number of nitrogens with one attached hydrogen (secondary N) is 2. The van der Waals surface area contributed by atoms with Gasteiger partial charge < -0.3 is 10.1 Å². The van der Waals surface area contributed by atoms with Crippen molar-refractivity contribution in [3.05, 3.63) is 62.5 Å². The molecule has 2 aromatic carbocycles. The second-order valence-corrected chi connectivity index (χ2v) is 8.34. The van der Waals surface area contributed by atoms with Gasteiger partial charge in [0.2, 0.25) is 5.91 Å². The number of hydrogen-bond donors (Lipinski definition) is 2. The van der Waals surface area contributed by atoms with Crippen molar-refractivity contribution in [1.82, 2.24) is 10.4 Å². The van der Waals surface area contributed by atoms with Crippen molar-refractivity contribution in [1.29, 1.82) is 0 Å². The molecule has 2 aromatic rings. The lowest BCUT2D eigenvalue weighted by atomic mass is 10.1. The molecule has 0 saturated carbocycles. The Labute approximate surface area is 195 Å². The molecule has 11 heteroatoms. The average molecular weight is 529 g/mol. The lowest BCUT2D eigenvalue weighted by Crippen LogP contribution is -2.43. The standard InChI is InChI=1S/C20H16BrCl2N3O5/c21-12-5-6-16(15(23)8-12)24-17(27)10-31-20(30)11-7-18(28)26(9-11)25-19(29)13-3-1-2-4-14(13)22/h1-6,8,11H,7,9-10H2,(H,24,27)(H,25,29)/t11-/m1/s1. The molecular formula is C20H16BrCl2N3O5. The second kappa shape index (κ2) is 10.1. The maximum Gasteiger partial charge on any atom is 0.311 e. The minimum absolute atomic E-state index is 0.0754. The van der Waals surface area contributed by atoms with Crippen molar-refractivity contribution in [2.24, 2.45) is 5.92 Å². The van der Waals surface area contributed by atoms with Gasteiger partial charge in [0.05, 0.1) is 33.8 Å². The van der Waals surface area contributed by atoms with E-state index >= 15 is 0 Å². The molecule has 31 heavy (non-hydrogen) atoms. The lowest BCUT2D eigenvalue weighted by Gasteiger charge is -2.18. The molecule has 2 N–H and O–H groups in total. The van der Waals surface area contributed by atoms with Gasteiger partial charge in [-0.3, -0.25) is 29.6 Å². The first-order chi connectivity index (χ1) is 14.7. The number of hydrogen-bond acceptors (Lipinski definition) is 5. The van der Waals surface area contributed by atoms with E-state index in [1.165, 1.54) is 6.07 Å². The van der Waals surface area contributed by atoms with Gasteiger partial charge >= 0.3 is 5.97 Å². The van der Waals surface area contributed by atoms with Gasteiger partial charge in [-0.05, 0) is 30.3 Å². The Kier molecular flexibility index (Phi) is 7.53. The molecule has 1 atom stereocenters. The van der Waals surface area contributed by atoms with Crippen LogP contribution in [-0.2, 0) is 19.1 Å². The molecule has 0 bridgehead atoms. The molecule has 1 heterocycles. The van der Waals surface area contributed by atoms with E-state index in [1.54, 1.807) is 36.4 Å². The summed E-state index contributed by atoms with van der Waals surface area (Å²) in [4.78, 5) is 48.8. The monoisotopic (exact) mass is 527 g/mol. The lowest BCUT2D eigenvalue weighted by molar-refractivity contribution is -0.151. The Morgan fingerprint density at radius 3 is 2.58 bits per heavy atom. The van der Waals surface area contributed by atoms with Crippen LogP contribution in [0.15, 0.2) is 46.9 Å². The van der Waals surface area contributed by atoms with Crippen LogP contribution in [0.5, 0.6) is 0 Å². The molecule has 3 rings (SSSR count). The number of anilines is 1. The van der Waals surface area contributed by atoms with Crippen molar-refractivity contribution < 1.29 is 23.9 Å². The van der Waals surface area contributed by atoms with Gasteiger partial charge in [0, 0.05) is 10.9 Å². The zero-order valence-electron chi connectivity index (χ0n) is 15.9. The van der Waals surface area contributed by atoms with Crippen LogP contribution in [0.1, 0.15) is 16.8 Å². The largest absolute Gasteiger partial charge is 0.455 e. The number of carbonyl (C=O) groups is 4. The van der Waals surface area contributed by atoms with E-state index in [0.717, 1.165) is 9.48 Å². The summed E-state index contributed by atoms with van der Waals surface area (Å²) in [5, 5.41) is 4.13. The fourth-order valence-electron chi connectivity index (χ4n) is 2.83. The van der Waals surface area contributed by atoms with Gasteiger partial charge in [-0.1, -0.05) is 51.3 Å². The van der Waals surface area contributed by atoms with Gasteiger partial charge in [-0.15, -0.1) is 0 Å². The summed E-state index contributed by atoms with van der Waals surface area (Å²) in [7, 11) is 0. The average Bonchev–Trinajstić information content (AvgIpc) is 3.09. The van der Waals surface area contributed by atoms with E-state index in [0.29, 0.717) is 10.7 Å². The molecule has 0 unspecified atom stereocenters. The van der Waals surface area contributed by atoms with Crippen LogP contribution in [0.3, 0.4) is 0 Å². The molecule has 0 aromatic heterocycles. The van der Waals surface area contributed by atoms with Crippen LogP contribution in [-0.4, -0.2) is 41.9 Å². The van der Waals surface area contributed by atoms with Crippen LogP contribution in [0.2, 0.25) is 10.0 Å². The molecule has 8 nitrogen and oxygen atoms in total. The number of ether oxygens (including phenoxy) is 1. The van der Waals surface area contributed by atoms with E-state index in [-0.39, 0.29) is 23.6 Å². The number of halogens is 3. The van der Waals surface area contributed by atoms with Gasteiger partial charge in [0.1, 0.15) is 0 Å². The first kappa shape index (κ1) is 23.1. The number of carbonyl (C=O) groups excluding carboxylic acids is 4. The normalized spacial score (nSPS) is 15.5. The first-order valence-corrected chi connectivity index (χ1v) is 10.6. The van der Waals surface area contributed by atoms with E-state index in [9.17, 15) is 19.2 Å². The molecule has 1 fully saturated rings. The summed E-state index contributed by atoms with van der Waals surface area (Å²) in [6.45, 7) is -0.615. The SMILES string of the molecule is O=C(COC(=O)[C@@H]1CC(=O)N(NC(=O)c2ccccc2Cl)C1)Nc1ccc(Br)cc1Cl. The third-order valence-corrected chi connectivity index (χ3v) is 5.50. The number of hydrazine groups is 1. The molecule has 1 aliphatic rings. The van der Waals surface area contributed by atoms with Crippen molar-refractivity contribution in [3.8, 4) is 0 Å². The molecule has 0 radical (unpaired) electrons. The van der Waals surface area contributed by atoms with Crippen molar-refractivity contribution in [2.45, 2.75) is 6.42 Å². The highest BCUT2D eigenvalue weighted by Gasteiger charge is 2.37. The predicted molar refractivity (Wildman–Crippen MR) is 117 cm³/mol. The number of nitrogens with zero attached hydrogens (tertiary/aromatic N) is 1. The maximum absolute atomic E-state index is 12.3. The quantitative estimate of drug-likeness (QED) is 0.559. The molecule has 3 amide bonds. The number of esters is 1. The van der Waals surface area contributed by atoms with Crippen LogP contribution in [0, 0.1) is 5.92 Å². The van der Waals surface area contributed by atoms with Crippen molar-refractivity contribution >= 4 is 68.5 Å². The molecular weight excluding hydrogens is 513 g/mol. The van der Waals surface area contributed by atoms with Crippen molar-refractivity contribution in [2.75, 3.05) is 18.5 Å². The van der Waals surface area contributed by atoms with E-state index in [4.69, 9.17) is 27.9 Å². The predicted octanol–water partition coefficient (Wildman–Crippen LogP) is 3.43. The highest BCUT2D eigenvalue weighted by Crippen LogP contribution is 2.25. The summed E-state index contributed by atoms with van der Waals surface area (Å²) in [6, 6.07) is 11.3. The fourth-order valence-corrected chi connectivity index (χ4v) is 3.78. The highest BCUT2D eigenvalue weighted by atomic mass is 79.9. The highest BCUT2D eigenvalue weighted by molar-refractivity contribution is 9.10. The summed E-state index contributed by atoms with van der Waals surface area (Å²) in [5.74, 6) is -3.14. The minimum atomic E-state index is -0.817. The van der Waals surface area contributed by atoms with E-state index < -0.39 is 36.2 Å². The zero-order chi connectivity index (χ0) is 22.5. The number of rotatable bonds is 6. The smallest absolute Gasteiger partial charge is 0.311 e. The number of amides is 3. The Morgan fingerprint density at radius 1 is 1.13 bits per heavy atom. The molecule has 1 aliphatic heterocycles. The maximum atomic E-state index is 12.3. The third-order valence-electron chi connectivity index (χ3n) is 4.36. The Hall–Kier alpha value is -2.62. The number of benzene rings is 2. The molecule has 0 spiro atoms. The van der Waals surface area contributed by atoms with Crippen LogP contribution in [0.25, 0.3) is 0 Å². The zero-order valence-corrected chi connectivity index (χ0v) is 19.0. The van der Waals surface area contributed by atoms with Crippen LogP contribution < -0.4 is 10.7 Å². The van der Waals surface area contributed by atoms with Gasteiger partial charge in [0.25, 0.3) is 11.8 Å². The van der Waals surface area contributed by atoms with Crippen LogP contribution >= 0.6 is 39.1 Å². The molecule has 1 saturated heterocycles. The minimum Gasteiger partial charge on any atom is -0.455 e. The van der Waals surface area contributed by atoms with Crippen molar-refractivity contribution in [3.63, 3.8) is 0 Å².